The van der Waals surface area contributed by atoms with E-state index < -0.39 is 15.9 Å². The molecule has 0 atom stereocenters. The van der Waals surface area contributed by atoms with Crippen LogP contribution in [0.1, 0.15) is 18.5 Å². The second kappa shape index (κ2) is 9.36. The van der Waals surface area contributed by atoms with Crippen LogP contribution in [0, 0.1) is 12.8 Å². The quantitative estimate of drug-likeness (QED) is 0.449. The molecule has 2 aromatic heterocycles. The predicted octanol–water partition coefficient (Wildman–Crippen LogP) is 3.07. The average molecular weight is 506 g/mol. The van der Waals surface area contributed by atoms with E-state index in [1.807, 2.05) is 42.5 Å². The van der Waals surface area contributed by atoms with Crippen LogP contribution in [-0.4, -0.2) is 46.1 Å². The average Bonchev–Trinajstić information content (AvgIpc) is 3.11. The molecule has 1 aliphatic rings. The highest BCUT2D eigenvalue weighted by Crippen LogP contribution is 2.28. The molecule has 1 amide bonds. The predicted molar refractivity (Wildman–Crippen MR) is 138 cm³/mol. The molecule has 2 aromatic carbocycles. The molecular weight excluding hydrogens is 478 g/mol. The molecule has 4 aromatic rings. The molecule has 1 saturated heterocycles. The summed E-state index contributed by atoms with van der Waals surface area (Å²) in [6, 6.07) is 17.9. The summed E-state index contributed by atoms with van der Waals surface area (Å²) >= 11 is 0. The maximum atomic E-state index is 13.4. The van der Waals surface area contributed by atoms with Crippen molar-refractivity contribution in [2.24, 2.45) is 13.0 Å². The number of carbonyl (C=O) groups excluding carboxylic acids is 1. The van der Waals surface area contributed by atoms with Crippen LogP contribution in [0.4, 0.5) is 5.69 Å². The summed E-state index contributed by atoms with van der Waals surface area (Å²) in [4.78, 5) is 30.6. The molecule has 0 aliphatic carbocycles. The molecular formula is C26H27N5O4S. The largest absolute Gasteiger partial charge is 0.320 e. The lowest BCUT2D eigenvalue weighted by Crippen LogP contribution is -2.41. The maximum Gasteiger partial charge on any atom is 0.295 e. The van der Waals surface area contributed by atoms with Gasteiger partial charge in [0.1, 0.15) is 10.6 Å². The Hall–Kier alpha value is -3.76. The van der Waals surface area contributed by atoms with Gasteiger partial charge in [-0.25, -0.2) is 13.1 Å². The molecule has 0 bridgehead atoms. The Bertz CT molecular complexity index is 1600. The van der Waals surface area contributed by atoms with Crippen molar-refractivity contribution in [1.82, 2.24) is 18.7 Å². The zero-order valence-corrected chi connectivity index (χ0v) is 20.9. The number of hydrogen-bond donors (Lipinski definition) is 1. The summed E-state index contributed by atoms with van der Waals surface area (Å²) in [5.74, 6) is -0.670. The Kier molecular flexibility index (Phi) is 6.23. The van der Waals surface area contributed by atoms with Gasteiger partial charge in [-0.1, -0.05) is 36.4 Å². The van der Waals surface area contributed by atoms with E-state index in [2.05, 4.69) is 10.3 Å². The van der Waals surface area contributed by atoms with Gasteiger partial charge in [0.2, 0.25) is 15.9 Å². The number of piperidine rings is 1. The van der Waals surface area contributed by atoms with Crippen LogP contribution in [0.3, 0.4) is 0 Å². The number of aromatic nitrogens is 3. The summed E-state index contributed by atoms with van der Waals surface area (Å²) in [5, 5.41) is 3.57. The molecule has 1 aliphatic heterocycles. The fourth-order valence-electron chi connectivity index (χ4n) is 4.72. The Morgan fingerprint density at radius 2 is 1.69 bits per heavy atom. The molecule has 3 heterocycles. The van der Waals surface area contributed by atoms with Gasteiger partial charge < -0.3 is 5.32 Å². The second-order valence-electron chi connectivity index (χ2n) is 8.94. The molecule has 5 rings (SSSR count). The number of fused-ring (bicyclic) bond motifs is 1. The highest BCUT2D eigenvalue weighted by Gasteiger charge is 2.34. The molecule has 10 heteroatoms. The van der Waals surface area contributed by atoms with Gasteiger partial charge in [0.25, 0.3) is 5.56 Å². The number of benzene rings is 2. The molecule has 0 saturated carbocycles. The van der Waals surface area contributed by atoms with E-state index in [0.717, 1.165) is 5.39 Å². The van der Waals surface area contributed by atoms with Gasteiger partial charge in [-0.2, -0.15) is 4.31 Å². The number of pyridine rings is 1. The van der Waals surface area contributed by atoms with Crippen molar-refractivity contribution >= 4 is 32.5 Å². The van der Waals surface area contributed by atoms with Crippen LogP contribution < -0.4 is 10.9 Å². The Morgan fingerprint density at radius 3 is 2.42 bits per heavy atom. The number of amides is 1. The van der Waals surface area contributed by atoms with Gasteiger partial charge >= 0.3 is 0 Å². The first-order valence-electron chi connectivity index (χ1n) is 11.8. The minimum atomic E-state index is -3.76. The van der Waals surface area contributed by atoms with Gasteiger partial charge in [-0.3, -0.25) is 19.3 Å². The number of nitrogens with one attached hydrogen (secondary N) is 1. The summed E-state index contributed by atoms with van der Waals surface area (Å²) < 4.78 is 31.4. The van der Waals surface area contributed by atoms with Crippen molar-refractivity contribution in [3.05, 3.63) is 82.9 Å². The highest BCUT2D eigenvalue weighted by atomic mass is 32.2. The van der Waals surface area contributed by atoms with Gasteiger partial charge in [-0.15, -0.1) is 0 Å². The third-order valence-corrected chi connectivity index (χ3v) is 8.77. The minimum absolute atomic E-state index is 0.171. The third kappa shape index (κ3) is 4.12. The van der Waals surface area contributed by atoms with Crippen molar-refractivity contribution in [1.29, 1.82) is 0 Å². The Morgan fingerprint density at radius 1 is 1.00 bits per heavy atom. The number of hydrogen-bond acceptors (Lipinski definition) is 5. The highest BCUT2D eigenvalue weighted by molar-refractivity contribution is 7.89. The van der Waals surface area contributed by atoms with E-state index in [4.69, 9.17) is 0 Å². The van der Waals surface area contributed by atoms with E-state index in [9.17, 15) is 18.0 Å². The lowest BCUT2D eigenvalue weighted by Gasteiger charge is -2.30. The van der Waals surface area contributed by atoms with Crippen LogP contribution in [0.25, 0.3) is 16.6 Å². The summed E-state index contributed by atoms with van der Waals surface area (Å²) in [7, 11) is -1.99. The Balaban J connectivity index is 1.31. The topological polar surface area (TPSA) is 106 Å². The van der Waals surface area contributed by atoms with Crippen LogP contribution in [0.15, 0.2) is 76.6 Å². The summed E-state index contributed by atoms with van der Waals surface area (Å²) in [5.41, 5.74) is 1.71. The molecule has 0 unspecified atom stereocenters. The van der Waals surface area contributed by atoms with Crippen LogP contribution >= 0.6 is 0 Å². The lowest BCUT2D eigenvalue weighted by atomic mass is 9.97. The molecule has 0 spiro atoms. The zero-order chi connectivity index (χ0) is 25.4. The molecule has 186 valence electrons. The number of carbonyl (C=O) groups is 1. The fourth-order valence-corrected chi connectivity index (χ4v) is 6.35. The smallest absolute Gasteiger partial charge is 0.295 e. The minimum Gasteiger partial charge on any atom is -0.320 e. The normalized spacial score (nSPS) is 15.3. The number of anilines is 1. The SMILES string of the molecule is Cc1c(NC(=O)C2CCN(S(=O)(=O)c3cccc4cccnc34)CC2)c(=O)n(-c2ccccc2)n1C. The summed E-state index contributed by atoms with van der Waals surface area (Å²) in [6.07, 6.45) is 2.30. The van der Waals surface area contributed by atoms with Crippen molar-refractivity contribution in [2.45, 2.75) is 24.7 Å². The van der Waals surface area contributed by atoms with E-state index >= 15 is 0 Å². The molecule has 1 fully saturated rings. The van der Waals surface area contributed by atoms with Gasteiger partial charge in [0, 0.05) is 37.6 Å². The van der Waals surface area contributed by atoms with Crippen LogP contribution in [0.5, 0.6) is 0 Å². The van der Waals surface area contributed by atoms with Crippen molar-refractivity contribution in [2.75, 3.05) is 18.4 Å². The first kappa shape index (κ1) is 24.0. The van der Waals surface area contributed by atoms with Gasteiger partial charge in [-0.05, 0) is 44.0 Å². The first-order chi connectivity index (χ1) is 17.3. The maximum absolute atomic E-state index is 13.4. The van der Waals surface area contributed by atoms with E-state index in [0.29, 0.717) is 29.7 Å². The van der Waals surface area contributed by atoms with Crippen molar-refractivity contribution < 1.29 is 13.2 Å². The van der Waals surface area contributed by atoms with E-state index in [1.54, 1.807) is 43.0 Å². The Labute approximate surface area is 209 Å². The number of para-hydroxylation sites is 2. The number of nitrogens with zero attached hydrogens (tertiary/aromatic N) is 4. The second-order valence-corrected chi connectivity index (χ2v) is 10.8. The summed E-state index contributed by atoms with van der Waals surface area (Å²) in [6.45, 7) is 2.21. The van der Waals surface area contributed by atoms with Crippen LogP contribution in [0.2, 0.25) is 0 Å². The zero-order valence-electron chi connectivity index (χ0n) is 20.1. The van der Waals surface area contributed by atoms with E-state index in [1.165, 1.54) is 8.99 Å². The van der Waals surface area contributed by atoms with Crippen LogP contribution in [-0.2, 0) is 21.9 Å². The molecule has 36 heavy (non-hydrogen) atoms. The van der Waals surface area contributed by atoms with Crippen molar-refractivity contribution in [3.8, 4) is 5.69 Å². The van der Waals surface area contributed by atoms with E-state index in [-0.39, 0.29) is 35.1 Å². The standard InChI is InChI=1S/C26H27N5O4S/c1-18-23(26(33)31(29(18)2)21-10-4-3-5-11-21)28-25(32)20-13-16-30(17-14-20)36(34,35)22-12-6-8-19-9-7-15-27-24(19)22/h3-12,15,20H,13-14,16-17H2,1-2H3,(H,28,32). The van der Waals surface area contributed by atoms with Gasteiger partial charge in [0.05, 0.1) is 16.9 Å². The fraction of sp³-hybridized carbons (Fsp3) is 0.269. The number of rotatable bonds is 5. The molecule has 0 radical (unpaired) electrons. The molecule has 1 N–H and O–H groups in total. The first-order valence-corrected chi connectivity index (χ1v) is 13.2. The van der Waals surface area contributed by atoms with Crippen molar-refractivity contribution in [3.63, 3.8) is 0 Å². The monoisotopic (exact) mass is 505 g/mol. The number of sulfonamides is 1. The van der Waals surface area contributed by atoms with Gasteiger partial charge in [0.15, 0.2) is 0 Å². The third-order valence-electron chi connectivity index (χ3n) is 6.84. The molecule has 9 nitrogen and oxygen atoms in total. The lowest BCUT2D eigenvalue weighted by molar-refractivity contribution is -0.120.